The Bertz CT molecular complexity index is 473. The lowest BCUT2D eigenvalue weighted by atomic mass is 10.1. The van der Waals surface area contributed by atoms with Crippen molar-refractivity contribution in [2.45, 2.75) is 9.83 Å². The third kappa shape index (κ3) is 2.08. The molecule has 2 nitrogen and oxygen atoms in total. The van der Waals surface area contributed by atoms with Gasteiger partial charge in [-0.1, -0.05) is 53.0 Å². The van der Waals surface area contributed by atoms with Crippen LogP contribution in [0.4, 0.5) is 0 Å². The first kappa shape index (κ1) is 11.1. The largest absolute Gasteiger partial charge is 0.361 e. The van der Waals surface area contributed by atoms with Gasteiger partial charge in [0.05, 0.1) is 6.04 Å². The smallest absolute Gasteiger partial charge is 0.209 e. The first-order chi connectivity index (χ1) is 7.00. The van der Waals surface area contributed by atoms with Crippen LogP contribution in [0, 0.1) is 0 Å². The molecule has 0 aliphatic heterocycles. The molecular formula is C10H9Cl3N2. The predicted octanol–water partition coefficient (Wildman–Crippen LogP) is 3.54. The number of fused-ring (bicyclic) bond motifs is 1. The Labute approximate surface area is 102 Å². The third-order valence-corrected chi connectivity index (χ3v) is 3.01. The highest BCUT2D eigenvalue weighted by Gasteiger charge is 2.32. The molecule has 0 saturated carbocycles. The fourth-order valence-corrected chi connectivity index (χ4v) is 1.88. The molecular weight excluding hydrogens is 254 g/mol. The molecule has 5 heteroatoms. The minimum absolute atomic E-state index is 0.640. The van der Waals surface area contributed by atoms with E-state index in [9.17, 15) is 0 Å². The molecule has 2 rings (SSSR count). The summed E-state index contributed by atoms with van der Waals surface area (Å²) in [5.41, 5.74) is 7.66. The summed E-state index contributed by atoms with van der Waals surface area (Å²) in [5.74, 6) is 0. The van der Waals surface area contributed by atoms with E-state index in [0.29, 0.717) is 0 Å². The lowest BCUT2D eigenvalue weighted by molar-refractivity contribution is 0.754. The highest BCUT2D eigenvalue weighted by atomic mass is 35.6. The Hall–Kier alpha value is -0.410. The van der Waals surface area contributed by atoms with Crippen LogP contribution in [-0.4, -0.2) is 8.78 Å². The van der Waals surface area contributed by atoms with Gasteiger partial charge in [-0.2, -0.15) is 0 Å². The molecule has 0 bridgehead atoms. The first-order valence-corrected chi connectivity index (χ1v) is 5.52. The number of aromatic amines is 1. The molecule has 0 aliphatic carbocycles. The Morgan fingerprint density at radius 1 is 1.20 bits per heavy atom. The Balaban J connectivity index is 2.53. The summed E-state index contributed by atoms with van der Waals surface area (Å²) >= 11 is 17.3. The normalized spacial score (nSPS) is 14.4. The van der Waals surface area contributed by atoms with E-state index in [-0.39, 0.29) is 0 Å². The van der Waals surface area contributed by atoms with Gasteiger partial charge in [-0.3, -0.25) is 0 Å². The van der Waals surface area contributed by atoms with E-state index in [1.165, 1.54) is 0 Å². The van der Waals surface area contributed by atoms with Gasteiger partial charge < -0.3 is 10.7 Å². The number of H-pyrrole nitrogens is 1. The third-order valence-electron chi connectivity index (χ3n) is 2.31. The molecule has 0 aliphatic rings. The van der Waals surface area contributed by atoms with Crippen LogP contribution in [0.3, 0.4) is 0 Å². The molecule has 1 atom stereocenters. The maximum atomic E-state index is 5.87. The van der Waals surface area contributed by atoms with Crippen molar-refractivity contribution < 1.29 is 0 Å². The molecule has 0 radical (unpaired) electrons. The van der Waals surface area contributed by atoms with Crippen molar-refractivity contribution in [2.75, 3.05) is 0 Å². The molecule has 0 amide bonds. The second-order valence-corrected chi connectivity index (χ2v) is 5.68. The van der Waals surface area contributed by atoms with E-state index in [0.717, 1.165) is 16.5 Å². The number of halogens is 3. The van der Waals surface area contributed by atoms with Crippen LogP contribution >= 0.6 is 34.8 Å². The maximum Gasteiger partial charge on any atom is 0.209 e. The number of nitrogens with one attached hydrogen (secondary N) is 1. The number of hydrogen-bond donors (Lipinski definition) is 2. The Morgan fingerprint density at radius 3 is 2.53 bits per heavy atom. The van der Waals surface area contributed by atoms with Crippen molar-refractivity contribution in [1.82, 2.24) is 4.98 Å². The minimum Gasteiger partial charge on any atom is -0.361 e. The fourth-order valence-electron chi connectivity index (χ4n) is 1.53. The molecule has 80 valence electrons. The molecule has 15 heavy (non-hydrogen) atoms. The maximum absolute atomic E-state index is 5.87. The number of rotatable bonds is 1. The van der Waals surface area contributed by atoms with Gasteiger partial charge in [-0.05, 0) is 11.6 Å². The summed E-state index contributed by atoms with van der Waals surface area (Å²) in [5, 5.41) is 0.983. The van der Waals surface area contributed by atoms with Crippen LogP contribution in [0.1, 0.15) is 11.6 Å². The zero-order chi connectivity index (χ0) is 11.1. The Kier molecular flexibility index (Phi) is 2.86. The lowest BCUT2D eigenvalue weighted by Crippen LogP contribution is -2.25. The van der Waals surface area contributed by atoms with Crippen LogP contribution in [0.25, 0.3) is 10.9 Å². The second-order valence-electron chi connectivity index (χ2n) is 3.31. The standard InChI is InChI=1S/C10H9Cl3N2/c11-10(12,13)9(14)7-5-15-8-4-2-1-3-6(7)8/h1-5,9,15H,14H2/t9-/m0/s1. The van der Waals surface area contributed by atoms with Crippen molar-refractivity contribution in [3.63, 3.8) is 0 Å². The van der Waals surface area contributed by atoms with Gasteiger partial charge in [0.25, 0.3) is 0 Å². The van der Waals surface area contributed by atoms with Gasteiger partial charge in [0, 0.05) is 17.1 Å². The number of hydrogen-bond acceptors (Lipinski definition) is 1. The van der Waals surface area contributed by atoms with Crippen molar-refractivity contribution in [3.05, 3.63) is 36.0 Å². The monoisotopic (exact) mass is 262 g/mol. The summed E-state index contributed by atoms with van der Waals surface area (Å²) in [6.45, 7) is 0. The average Bonchev–Trinajstić information content (AvgIpc) is 2.58. The van der Waals surface area contributed by atoms with E-state index in [1.807, 2.05) is 24.3 Å². The van der Waals surface area contributed by atoms with Crippen molar-refractivity contribution >= 4 is 45.7 Å². The van der Waals surface area contributed by atoms with Crippen LogP contribution in [0.15, 0.2) is 30.5 Å². The topological polar surface area (TPSA) is 41.8 Å². The molecule has 1 aromatic carbocycles. The van der Waals surface area contributed by atoms with E-state index in [4.69, 9.17) is 40.5 Å². The van der Waals surface area contributed by atoms with Crippen LogP contribution in [-0.2, 0) is 0 Å². The van der Waals surface area contributed by atoms with Gasteiger partial charge in [-0.15, -0.1) is 0 Å². The summed E-state index contributed by atoms with van der Waals surface area (Å²) in [4.78, 5) is 3.09. The van der Waals surface area contributed by atoms with Gasteiger partial charge in [0.15, 0.2) is 0 Å². The van der Waals surface area contributed by atoms with Crippen LogP contribution in [0.2, 0.25) is 0 Å². The summed E-state index contributed by atoms with van der Waals surface area (Å²) in [7, 11) is 0. The molecule has 1 aromatic heterocycles. The minimum atomic E-state index is -1.50. The Morgan fingerprint density at radius 2 is 1.87 bits per heavy atom. The second kappa shape index (κ2) is 3.87. The highest BCUT2D eigenvalue weighted by molar-refractivity contribution is 6.68. The quantitative estimate of drug-likeness (QED) is 0.759. The van der Waals surface area contributed by atoms with Gasteiger partial charge in [0.2, 0.25) is 3.79 Å². The molecule has 0 unspecified atom stereocenters. The molecule has 0 fully saturated rings. The van der Waals surface area contributed by atoms with E-state index < -0.39 is 9.83 Å². The lowest BCUT2D eigenvalue weighted by Gasteiger charge is -2.19. The fraction of sp³-hybridized carbons (Fsp3) is 0.200. The SMILES string of the molecule is N[C@@H](c1c[nH]c2ccccc12)C(Cl)(Cl)Cl. The van der Waals surface area contributed by atoms with E-state index in [1.54, 1.807) is 6.20 Å². The number of nitrogens with two attached hydrogens (primary N) is 1. The van der Waals surface area contributed by atoms with Gasteiger partial charge in [-0.25, -0.2) is 0 Å². The molecule has 0 spiro atoms. The highest BCUT2D eigenvalue weighted by Crippen LogP contribution is 2.40. The molecule has 1 heterocycles. The average molecular weight is 264 g/mol. The number of alkyl halides is 3. The van der Waals surface area contributed by atoms with E-state index >= 15 is 0 Å². The number of aromatic nitrogens is 1. The van der Waals surface area contributed by atoms with Crippen LogP contribution < -0.4 is 5.73 Å². The summed E-state index contributed by atoms with van der Waals surface area (Å²) in [6, 6.07) is 7.11. The number of para-hydroxylation sites is 1. The van der Waals surface area contributed by atoms with Crippen molar-refractivity contribution in [3.8, 4) is 0 Å². The number of benzene rings is 1. The van der Waals surface area contributed by atoms with Crippen LogP contribution in [0.5, 0.6) is 0 Å². The molecule has 3 N–H and O–H groups in total. The summed E-state index contributed by atoms with van der Waals surface area (Å²) < 4.78 is -1.50. The zero-order valence-corrected chi connectivity index (χ0v) is 9.94. The zero-order valence-electron chi connectivity index (χ0n) is 7.68. The van der Waals surface area contributed by atoms with Crippen molar-refractivity contribution in [1.29, 1.82) is 0 Å². The van der Waals surface area contributed by atoms with E-state index in [2.05, 4.69) is 4.98 Å². The van der Waals surface area contributed by atoms with Crippen molar-refractivity contribution in [2.24, 2.45) is 5.73 Å². The molecule has 2 aromatic rings. The predicted molar refractivity (Wildman–Crippen MR) is 65.5 cm³/mol. The molecule has 0 saturated heterocycles. The summed E-state index contributed by atoms with van der Waals surface area (Å²) in [6.07, 6.45) is 1.78. The first-order valence-electron chi connectivity index (χ1n) is 4.38. The van der Waals surface area contributed by atoms with Gasteiger partial charge >= 0.3 is 0 Å². The van der Waals surface area contributed by atoms with Gasteiger partial charge in [0.1, 0.15) is 0 Å².